The molecule has 2 heterocycles. The highest BCUT2D eigenvalue weighted by Gasteiger charge is 2.26. The number of allylic oxidation sites excluding steroid dienone is 1. The Balaban J connectivity index is 1.56. The van der Waals surface area contributed by atoms with Crippen LogP contribution in [0.4, 0.5) is 0 Å². The minimum Gasteiger partial charge on any atom is -0.485 e. The molecule has 3 rings (SSSR count). The molecule has 0 spiro atoms. The largest absolute Gasteiger partial charge is 0.485 e. The summed E-state index contributed by atoms with van der Waals surface area (Å²) < 4.78 is 16.3. The third kappa shape index (κ3) is 3.79. The molecule has 1 aliphatic rings. The third-order valence-electron chi connectivity index (χ3n) is 3.18. The zero-order valence-electron chi connectivity index (χ0n) is 12.6. The summed E-state index contributed by atoms with van der Waals surface area (Å²) in [6.45, 7) is 1.92. The van der Waals surface area contributed by atoms with Crippen molar-refractivity contribution in [1.29, 1.82) is 0 Å². The topological polar surface area (TPSA) is 73.1 Å². The second-order valence-corrected chi connectivity index (χ2v) is 4.94. The van der Waals surface area contributed by atoms with Crippen molar-refractivity contribution < 1.29 is 18.7 Å². The van der Waals surface area contributed by atoms with Gasteiger partial charge in [-0.1, -0.05) is 12.1 Å². The molecule has 2 aromatic rings. The van der Waals surface area contributed by atoms with Crippen LogP contribution in [-0.2, 0) is 4.79 Å². The van der Waals surface area contributed by atoms with Crippen molar-refractivity contribution in [3.63, 3.8) is 0 Å². The summed E-state index contributed by atoms with van der Waals surface area (Å²) in [5.41, 5.74) is 3.11. The van der Waals surface area contributed by atoms with Crippen LogP contribution in [0.5, 0.6) is 11.5 Å². The predicted molar refractivity (Wildman–Crippen MR) is 85.3 cm³/mol. The number of carbonyl (C=O) groups excluding carboxylic acids is 1. The van der Waals surface area contributed by atoms with E-state index in [9.17, 15) is 4.79 Å². The Bertz CT molecular complexity index is 735. The molecule has 1 N–H and O–H groups in total. The van der Waals surface area contributed by atoms with Gasteiger partial charge in [-0.15, -0.1) is 0 Å². The van der Waals surface area contributed by atoms with E-state index in [-0.39, 0.29) is 12.5 Å². The predicted octanol–water partition coefficient (Wildman–Crippen LogP) is 2.62. The summed E-state index contributed by atoms with van der Waals surface area (Å²) in [5, 5.41) is 4.01. The van der Waals surface area contributed by atoms with Crippen molar-refractivity contribution in [3.05, 3.63) is 54.5 Å². The Morgan fingerprint density at radius 2 is 2.09 bits per heavy atom. The van der Waals surface area contributed by atoms with Gasteiger partial charge < -0.3 is 13.9 Å². The smallest absolute Gasteiger partial charge is 0.284 e. The molecule has 1 amide bonds. The van der Waals surface area contributed by atoms with Gasteiger partial charge >= 0.3 is 0 Å². The minimum atomic E-state index is -0.726. The van der Waals surface area contributed by atoms with Gasteiger partial charge in [0.1, 0.15) is 12.4 Å². The number of rotatable bonds is 4. The number of para-hydroxylation sites is 2. The standard InChI is InChI=1S/C17H16N2O4/c1-12(8-9-13-5-4-10-21-13)18-19-17(20)16-11-22-14-6-2-3-7-15(14)23-16/h2-10,16H,11H2,1H3,(H,19,20)/b9-8+,18-12+/t16-/m0/s1. The zero-order chi connectivity index (χ0) is 16.1. The van der Waals surface area contributed by atoms with Crippen LogP contribution < -0.4 is 14.9 Å². The molecule has 1 aliphatic heterocycles. The highest BCUT2D eigenvalue weighted by Crippen LogP contribution is 2.30. The molecular weight excluding hydrogens is 296 g/mol. The first-order valence-electron chi connectivity index (χ1n) is 7.16. The van der Waals surface area contributed by atoms with Crippen LogP contribution in [0.1, 0.15) is 12.7 Å². The lowest BCUT2D eigenvalue weighted by Gasteiger charge is -2.24. The Morgan fingerprint density at radius 3 is 2.87 bits per heavy atom. The van der Waals surface area contributed by atoms with E-state index in [1.807, 2.05) is 18.2 Å². The lowest BCUT2D eigenvalue weighted by molar-refractivity contribution is -0.130. The molecule has 6 nitrogen and oxygen atoms in total. The summed E-state index contributed by atoms with van der Waals surface area (Å²) in [5.74, 6) is 1.55. The van der Waals surface area contributed by atoms with E-state index in [2.05, 4.69) is 10.5 Å². The number of nitrogens with zero attached hydrogens (tertiary/aromatic N) is 1. The monoisotopic (exact) mass is 312 g/mol. The van der Waals surface area contributed by atoms with E-state index in [0.717, 1.165) is 0 Å². The van der Waals surface area contributed by atoms with Crippen LogP contribution in [0.2, 0.25) is 0 Å². The van der Waals surface area contributed by atoms with E-state index in [0.29, 0.717) is 23.0 Å². The molecule has 0 saturated carbocycles. The highest BCUT2D eigenvalue weighted by molar-refractivity contribution is 5.97. The summed E-state index contributed by atoms with van der Waals surface area (Å²) in [6.07, 6.45) is 4.37. The average Bonchev–Trinajstić information content (AvgIpc) is 3.11. The zero-order valence-corrected chi connectivity index (χ0v) is 12.6. The third-order valence-corrected chi connectivity index (χ3v) is 3.18. The number of nitrogens with one attached hydrogen (secondary N) is 1. The summed E-state index contributed by atoms with van der Waals surface area (Å²) in [4.78, 5) is 12.1. The Kier molecular flexibility index (Phi) is 4.42. The lowest BCUT2D eigenvalue weighted by Crippen LogP contribution is -2.42. The van der Waals surface area contributed by atoms with Gasteiger partial charge in [0, 0.05) is 0 Å². The maximum Gasteiger partial charge on any atom is 0.284 e. The molecule has 0 bridgehead atoms. The fourth-order valence-corrected chi connectivity index (χ4v) is 1.99. The van der Waals surface area contributed by atoms with Crippen molar-refractivity contribution in [2.24, 2.45) is 5.10 Å². The van der Waals surface area contributed by atoms with E-state index < -0.39 is 6.10 Å². The molecule has 0 radical (unpaired) electrons. The van der Waals surface area contributed by atoms with E-state index in [4.69, 9.17) is 13.9 Å². The molecule has 0 aliphatic carbocycles. The number of hydrazone groups is 1. The van der Waals surface area contributed by atoms with Gasteiger partial charge in [-0.3, -0.25) is 4.79 Å². The normalized spacial score (nSPS) is 17.3. The molecule has 118 valence electrons. The summed E-state index contributed by atoms with van der Waals surface area (Å²) in [7, 11) is 0. The number of furan rings is 1. The number of benzene rings is 1. The molecule has 0 unspecified atom stereocenters. The maximum atomic E-state index is 12.1. The number of amides is 1. The fourth-order valence-electron chi connectivity index (χ4n) is 1.99. The average molecular weight is 312 g/mol. The van der Waals surface area contributed by atoms with Crippen LogP contribution in [0.3, 0.4) is 0 Å². The van der Waals surface area contributed by atoms with Gasteiger partial charge in [0.05, 0.1) is 12.0 Å². The van der Waals surface area contributed by atoms with Crippen LogP contribution >= 0.6 is 0 Å². The molecular formula is C17H16N2O4. The van der Waals surface area contributed by atoms with Gasteiger partial charge in [-0.2, -0.15) is 5.10 Å². The summed E-state index contributed by atoms with van der Waals surface area (Å²) in [6, 6.07) is 10.9. The van der Waals surface area contributed by atoms with Crippen molar-refractivity contribution in [2.75, 3.05) is 6.61 Å². The molecule has 1 aromatic carbocycles. The number of fused-ring (bicyclic) bond motifs is 1. The number of carbonyl (C=O) groups is 1. The molecule has 0 saturated heterocycles. The Hall–Kier alpha value is -3.02. The van der Waals surface area contributed by atoms with Crippen LogP contribution in [0.25, 0.3) is 6.08 Å². The lowest BCUT2D eigenvalue weighted by atomic mass is 10.2. The van der Waals surface area contributed by atoms with E-state index in [1.54, 1.807) is 43.5 Å². The first kappa shape index (κ1) is 14.9. The molecule has 0 fully saturated rings. The molecule has 1 atom stereocenters. The van der Waals surface area contributed by atoms with Crippen molar-refractivity contribution in [2.45, 2.75) is 13.0 Å². The van der Waals surface area contributed by atoms with E-state index >= 15 is 0 Å². The first-order chi connectivity index (χ1) is 11.2. The van der Waals surface area contributed by atoms with Crippen molar-refractivity contribution in [1.82, 2.24) is 5.43 Å². The summed E-state index contributed by atoms with van der Waals surface area (Å²) >= 11 is 0. The van der Waals surface area contributed by atoms with Crippen LogP contribution in [0, 0.1) is 0 Å². The van der Waals surface area contributed by atoms with Gasteiger partial charge in [-0.25, -0.2) is 5.43 Å². The number of ether oxygens (including phenoxy) is 2. The second-order valence-electron chi connectivity index (χ2n) is 4.94. The molecule has 23 heavy (non-hydrogen) atoms. The maximum absolute atomic E-state index is 12.1. The van der Waals surface area contributed by atoms with Gasteiger partial charge in [0.15, 0.2) is 11.5 Å². The Labute approximate surface area is 133 Å². The van der Waals surface area contributed by atoms with E-state index in [1.165, 1.54) is 0 Å². The Morgan fingerprint density at radius 1 is 1.26 bits per heavy atom. The van der Waals surface area contributed by atoms with Gasteiger partial charge in [0.2, 0.25) is 6.10 Å². The quantitative estimate of drug-likeness (QED) is 0.696. The van der Waals surface area contributed by atoms with Crippen molar-refractivity contribution in [3.8, 4) is 11.5 Å². The number of hydrogen-bond donors (Lipinski definition) is 1. The van der Waals surface area contributed by atoms with Crippen LogP contribution in [-0.4, -0.2) is 24.3 Å². The van der Waals surface area contributed by atoms with Gasteiger partial charge in [-0.05, 0) is 43.3 Å². The van der Waals surface area contributed by atoms with Gasteiger partial charge in [0.25, 0.3) is 5.91 Å². The SMILES string of the molecule is CC(/C=C/c1ccco1)=N\NC(=O)[C@@H]1COc2ccccc2O1. The molecule has 6 heteroatoms. The second kappa shape index (κ2) is 6.83. The fraction of sp³-hybridized carbons (Fsp3) is 0.176. The molecule has 1 aromatic heterocycles. The highest BCUT2D eigenvalue weighted by atomic mass is 16.6. The first-order valence-corrected chi connectivity index (χ1v) is 7.16. The minimum absolute atomic E-state index is 0.152. The number of hydrogen-bond acceptors (Lipinski definition) is 5. The van der Waals surface area contributed by atoms with Crippen molar-refractivity contribution >= 4 is 17.7 Å². The van der Waals surface area contributed by atoms with Crippen LogP contribution in [0.15, 0.2) is 58.3 Å².